The molecule has 0 amide bonds. The standard InChI is InChI=1S/C21H32N4O3/c1-13(2)17-11-19(28-6)18(27-5)10-15(17)9-16-12-23-21(24-14(3)4)25-20(16)22-7-8-26/h10-14,26H,7-9H2,1-6H3,(H2,22,23,24,25). The largest absolute Gasteiger partial charge is 0.493 e. The minimum atomic E-state index is 0.0317. The number of nitrogens with zero attached hydrogens (tertiary/aromatic N) is 2. The van der Waals surface area contributed by atoms with Crippen molar-refractivity contribution in [3.8, 4) is 11.5 Å². The van der Waals surface area contributed by atoms with Gasteiger partial charge in [0.2, 0.25) is 5.95 Å². The number of aromatic nitrogens is 2. The normalized spacial score (nSPS) is 11.0. The number of methoxy groups -OCH3 is 2. The third-order valence-electron chi connectivity index (χ3n) is 4.33. The number of aliphatic hydroxyl groups is 1. The van der Waals surface area contributed by atoms with Gasteiger partial charge in [0.1, 0.15) is 5.82 Å². The van der Waals surface area contributed by atoms with E-state index in [1.54, 1.807) is 14.2 Å². The van der Waals surface area contributed by atoms with Crippen LogP contribution in [0.5, 0.6) is 11.5 Å². The van der Waals surface area contributed by atoms with Gasteiger partial charge in [-0.05, 0) is 43.0 Å². The van der Waals surface area contributed by atoms with Crippen LogP contribution in [0.2, 0.25) is 0 Å². The molecule has 1 heterocycles. The molecule has 0 atom stereocenters. The molecule has 7 nitrogen and oxygen atoms in total. The van der Waals surface area contributed by atoms with Crippen molar-refractivity contribution in [2.75, 3.05) is 38.0 Å². The first-order valence-corrected chi connectivity index (χ1v) is 9.61. The van der Waals surface area contributed by atoms with Gasteiger partial charge in [0.15, 0.2) is 11.5 Å². The molecule has 0 spiro atoms. The number of nitrogens with one attached hydrogen (secondary N) is 2. The highest BCUT2D eigenvalue weighted by atomic mass is 16.5. The van der Waals surface area contributed by atoms with E-state index < -0.39 is 0 Å². The molecule has 0 aliphatic carbocycles. The Morgan fingerprint density at radius 1 is 1.04 bits per heavy atom. The Morgan fingerprint density at radius 3 is 2.29 bits per heavy atom. The molecule has 28 heavy (non-hydrogen) atoms. The van der Waals surface area contributed by atoms with Crippen LogP contribution in [0.1, 0.15) is 50.3 Å². The minimum Gasteiger partial charge on any atom is -0.493 e. The molecule has 2 aromatic rings. The summed E-state index contributed by atoms with van der Waals surface area (Å²) in [4.78, 5) is 9.05. The summed E-state index contributed by atoms with van der Waals surface area (Å²) in [5.74, 6) is 3.03. The molecular formula is C21H32N4O3. The summed E-state index contributed by atoms with van der Waals surface area (Å²) in [6.07, 6.45) is 2.47. The van der Waals surface area contributed by atoms with Crippen molar-refractivity contribution >= 4 is 11.8 Å². The van der Waals surface area contributed by atoms with E-state index in [1.165, 1.54) is 5.56 Å². The zero-order valence-corrected chi connectivity index (χ0v) is 17.7. The monoisotopic (exact) mass is 388 g/mol. The molecule has 0 saturated carbocycles. The van der Waals surface area contributed by atoms with Gasteiger partial charge in [-0.3, -0.25) is 0 Å². The van der Waals surface area contributed by atoms with E-state index in [9.17, 15) is 5.11 Å². The van der Waals surface area contributed by atoms with E-state index in [2.05, 4.69) is 34.4 Å². The highest BCUT2D eigenvalue weighted by molar-refractivity contribution is 5.54. The van der Waals surface area contributed by atoms with E-state index in [-0.39, 0.29) is 12.6 Å². The van der Waals surface area contributed by atoms with Crippen LogP contribution >= 0.6 is 0 Å². The Balaban J connectivity index is 2.45. The predicted molar refractivity (Wildman–Crippen MR) is 113 cm³/mol. The molecular weight excluding hydrogens is 356 g/mol. The molecule has 0 bridgehead atoms. The number of rotatable bonds is 10. The Labute approximate surface area is 167 Å². The lowest BCUT2D eigenvalue weighted by molar-refractivity contribution is 0.311. The van der Waals surface area contributed by atoms with Gasteiger partial charge in [0.05, 0.1) is 20.8 Å². The van der Waals surface area contributed by atoms with Gasteiger partial charge in [-0.1, -0.05) is 13.8 Å². The van der Waals surface area contributed by atoms with Crippen molar-refractivity contribution in [2.45, 2.75) is 46.1 Å². The summed E-state index contributed by atoms with van der Waals surface area (Å²) in [6, 6.07) is 4.29. The smallest absolute Gasteiger partial charge is 0.224 e. The van der Waals surface area contributed by atoms with Crippen molar-refractivity contribution in [1.29, 1.82) is 0 Å². The molecule has 0 saturated heterocycles. The number of aliphatic hydroxyl groups excluding tert-OH is 1. The summed E-state index contributed by atoms with van der Waals surface area (Å²) < 4.78 is 11.0. The third kappa shape index (κ3) is 5.48. The van der Waals surface area contributed by atoms with Crippen molar-refractivity contribution in [3.63, 3.8) is 0 Å². The van der Waals surface area contributed by atoms with Gasteiger partial charge in [0, 0.05) is 30.8 Å². The van der Waals surface area contributed by atoms with Crippen LogP contribution in [0, 0.1) is 0 Å². The second-order valence-corrected chi connectivity index (χ2v) is 7.25. The maximum absolute atomic E-state index is 9.21. The van der Waals surface area contributed by atoms with Crippen LogP contribution in [0.4, 0.5) is 11.8 Å². The maximum Gasteiger partial charge on any atom is 0.224 e. The van der Waals surface area contributed by atoms with Crippen LogP contribution in [0.3, 0.4) is 0 Å². The summed E-state index contributed by atoms with van der Waals surface area (Å²) in [7, 11) is 3.28. The molecule has 0 aliphatic rings. The van der Waals surface area contributed by atoms with Gasteiger partial charge in [-0.15, -0.1) is 0 Å². The summed E-state index contributed by atoms with van der Waals surface area (Å²) >= 11 is 0. The second-order valence-electron chi connectivity index (χ2n) is 7.25. The fraction of sp³-hybridized carbons (Fsp3) is 0.524. The van der Waals surface area contributed by atoms with Crippen LogP contribution in [0.15, 0.2) is 18.3 Å². The van der Waals surface area contributed by atoms with Gasteiger partial charge >= 0.3 is 0 Å². The summed E-state index contributed by atoms with van der Waals surface area (Å²) in [6.45, 7) is 8.84. The van der Waals surface area contributed by atoms with Gasteiger partial charge in [-0.25, -0.2) is 4.98 Å². The average Bonchev–Trinajstić information content (AvgIpc) is 2.66. The lowest BCUT2D eigenvalue weighted by atomic mass is 9.92. The lowest BCUT2D eigenvalue weighted by Crippen LogP contribution is -2.16. The molecule has 0 unspecified atom stereocenters. The number of hydrogen-bond donors (Lipinski definition) is 3. The van der Waals surface area contributed by atoms with Crippen LogP contribution < -0.4 is 20.1 Å². The maximum atomic E-state index is 9.21. The number of anilines is 2. The molecule has 2 rings (SSSR count). The molecule has 154 valence electrons. The average molecular weight is 389 g/mol. The van der Waals surface area contributed by atoms with E-state index in [4.69, 9.17) is 9.47 Å². The van der Waals surface area contributed by atoms with Crippen LogP contribution in [-0.2, 0) is 6.42 Å². The van der Waals surface area contributed by atoms with Crippen molar-refractivity contribution < 1.29 is 14.6 Å². The van der Waals surface area contributed by atoms with Crippen molar-refractivity contribution in [3.05, 3.63) is 35.0 Å². The predicted octanol–water partition coefficient (Wildman–Crippen LogP) is 3.43. The molecule has 1 aromatic carbocycles. The molecule has 0 fully saturated rings. The first-order chi connectivity index (χ1) is 13.4. The Morgan fingerprint density at radius 2 is 1.71 bits per heavy atom. The van der Waals surface area contributed by atoms with E-state index in [1.807, 2.05) is 32.2 Å². The van der Waals surface area contributed by atoms with Gasteiger partial charge in [-0.2, -0.15) is 4.98 Å². The number of benzene rings is 1. The fourth-order valence-corrected chi connectivity index (χ4v) is 3.02. The van der Waals surface area contributed by atoms with Crippen LogP contribution in [0.25, 0.3) is 0 Å². The lowest BCUT2D eigenvalue weighted by Gasteiger charge is -2.19. The molecule has 0 aliphatic heterocycles. The molecule has 1 aromatic heterocycles. The Hall–Kier alpha value is -2.54. The molecule has 3 N–H and O–H groups in total. The topological polar surface area (TPSA) is 88.5 Å². The quantitative estimate of drug-likeness (QED) is 0.574. The Bertz CT molecular complexity index is 778. The second kappa shape index (κ2) is 10.1. The summed E-state index contributed by atoms with van der Waals surface area (Å²) in [5, 5.41) is 15.6. The fourth-order valence-electron chi connectivity index (χ4n) is 3.02. The van der Waals surface area contributed by atoms with Crippen molar-refractivity contribution in [2.24, 2.45) is 0 Å². The Kier molecular flexibility index (Phi) is 7.87. The zero-order chi connectivity index (χ0) is 20.7. The van der Waals surface area contributed by atoms with E-state index in [0.29, 0.717) is 30.6 Å². The highest BCUT2D eigenvalue weighted by Crippen LogP contribution is 2.35. The van der Waals surface area contributed by atoms with E-state index in [0.717, 1.165) is 22.7 Å². The highest BCUT2D eigenvalue weighted by Gasteiger charge is 2.16. The van der Waals surface area contributed by atoms with Crippen LogP contribution in [-0.4, -0.2) is 48.5 Å². The SMILES string of the molecule is COc1cc(Cc2cnc(NC(C)C)nc2NCCO)c(C(C)C)cc1OC. The molecule has 0 radical (unpaired) electrons. The number of ether oxygens (including phenoxy) is 2. The first kappa shape index (κ1) is 21.8. The number of hydrogen-bond acceptors (Lipinski definition) is 7. The third-order valence-corrected chi connectivity index (χ3v) is 4.33. The molecule has 7 heteroatoms. The van der Waals surface area contributed by atoms with Crippen molar-refractivity contribution in [1.82, 2.24) is 9.97 Å². The van der Waals surface area contributed by atoms with Gasteiger partial charge in [0.25, 0.3) is 0 Å². The van der Waals surface area contributed by atoms with E-state index >= 15 is 0 Å². The summed E-state index contributed by atoms with van der Waals surface area (Å²) in [5.41, 5.74) is 3.28. The zero-order valence-electron chi connectivity index (χ0n) is 17.7. The van der Waals surface area contributed by atoms with Gasteiger partial charge < -0.3 is 25.2 Å². The minimum absolute atomic E-state index is 0.0317. The first-order valence-electron chi connectivity index (χ1n) is 9.61.